The summed E-state index contributed by atoms with van der Waals surface area (Å²) >= 11 is 0. The summed E-state index contributed by atoms with van der Waals surface area (Å²) in [4.78, 5) is 11.7. The minimum Gasteiger partial charge on any atom is -0.356 e. The van der Waals surface area contributed by atoms with E-state index in [0.29, 0.717) is 11.1 Å². The molecule has 0 atom stereocenters. The lowest BCUT2D eigenvalue weighted by atomic mass is 10.2. The van der Waals surface area contributed by atoms with Crippen LogP contribution in [0.4, 0.5) is 4.39 Å². The van der Waals surface area contributed by atoms with E-state index in [0.717, 1.165) is 0 Å². The molecule has 0 aliphatic heterocycles. The zero-order chi connectivity index (χ0) is 12.3. The molecule has 4 heteroatoms. The van der Waals surface area contributed by atoms with Gasteiger partial charge in [-0.05, 0) is 12.1 Å². The second-order valence-electron chi connectivity index (χ2n) is 3.84. The molecule has 1 aromatic carbocycles. The third-order valence-electron chi connectivity index (χ3n) is 2.49. The Balaban J connectivity index is 1.99. The Hall–Kier alpha value is -2.10. The summed E-state index contributed by atoms with van der Waals surface area (Å²) in [7, 11) is 1.84. The van der Waals surface area contributed by atoms with Crippen LogP contribution >= 0.6 is 0 Å². The number of rotatable bonds is 3. The van der Waals surface area contributed by atoms with Crippen LogP contribution in [0.15, 0.2) is 42.7 Å². The Bertz CT molecular complexity index is 534. The summed E-state index contributed by atoms with van der Waals surface area (Å²) in [6, 6.07) is 8.12. The molecule has 0 unspecified atom stereocenters. The van der Waals surface area contributed by atoms with Gasteiger partial charge in [-0.3, -0.25) is 4.79 Å². The molecule has 17 heavy (non-hydrogen) atoms. The lowest BCUT2D eigenvalue weighted by Crippen LogP contribution is -2.22. The van der Waals surface area contributed by atoms with Crippen LogP contribution in [0, 0.1) is 5.82 Å². The van der Waals surface area contributed by atoms with Crippen molar-refractivity contribution >= 4 is 5.91 Å². The molecule has 0 aliphatic rings. The van der Waals surface area contributed by atoms with Crippen LogP contribution < -0.4 is 5.32 Å². The smallest absolute Gasteiger partial charge is 0.253 e. The molecule has 3 nitrogen and oxygen atoms in total. The summed E-state index contributed by atoms with van der Waals surface area (Å²) in [5.74, 6) is -0.505. The van der Waals surface area contributed by atoms with Crippen molar-refractivity contribution < 1.29 is 9.18 Å². The van der Waals surface area contributed by atoms with Crippen LogP contribution in [0.3, 0.4) is 0 Å². The molecule has 0 spiro atoms. The number of hydrogen-bond donors (Lipinski definition) is 1. The van der Waals surface area contributed by atoms with Gasteiger partial charge in [-0.15, -0.1) is 0 Å². The summed E-state index contributed by atoms with van der Waals surface area (Å²) in [5, 5.41) is 2.68. The number of nitrogens with one attached hydrogen (secondary N) is 1. The van der Waals surface area contributed by atoms with Gasteiger partial charge in [0.15, 0.2) is 0 Å². The molecule has 1 N–H and O–H groups in total. The number of aromatic nitrogens is 1. The number of nitrogens with zero attached hydrogens (tertiary/aromatic N) is 1. The van der Waals surface area contributed by atoms with Crippen molar-refractivity contribution in [1.82, 2.24) is 9.88 Å². The summed E-state index contributed by atoms with van der Waals surface area (Å²) in [6.45, 7) is 0.195. The fraction of sp³-hybridized carbons (Fsp3) is 0.154. The second-order valence-corrected chi connectivity index (χ2v) is 3.84. The number of carbonyl (C=O) groups excluding carboxylic acids is 1. The zero-order valence-electron chi connectivity index (χ0n) is 9.48. The van der Waals surface area contributed by atoms with Gasteiger partial charge >= 0.3 is 0 Å². The van der Waals surface area contributed by atoms with E-state index in [2.05, 4.69) is 5.32 Å². The first kappa shape index (κ1) is 11.4. The van der Waals surface area contributed by atoms with Crippen molar-refractivity contribution in [2.75, 3.05) is 0 Å². The molecule has 0 saturated heterocycles. The molecule has 1 amide bonds. The highest BCUT2D eigenvalue weighted by molar-refractivity contribution is 5.93. The van der Waals surface area contributed by atoms with E-state index < -0.39 is 0 Å². The Morgan fingerprint density at radius 1 is 1.35 bits per heavy atom. The first-order valence-corrected chi connectivity index (χ1v) is 5.30. The van der Waals surface area contributed by atoms with Gasteiger partial charge in [0, 0.05) is 31.5 Å². The van der Waals surface area contributed by atoms with Gasteiger partial charge in [0.05, 0.1) is 5.56 Å². The number of benzene rings is 1. The molecular weight excluding hydrogens is 219 g/mol. The van der Waals surface area contributed by atoms with Gasteiger partial charge in [-0.2, -0.15) is 0 Å². The topological polar surface area (TPSA) is 34.0 Å². The van der Waals surface area contributed by atoms with Crippen LogP contribution in [-0.4, -0.2) is 10.5 Å². The van der Waals surface area contributed by atoms with Gasteiger partial charge < -0.3 is 9.88 Å². The third-order valence-corrected chi connectivity index (χ3v) is 2.49. The highest BCUT2D eigenvalue weighted by Gasteiger charge is 2.07. The Morgan fingerprint density at radius 2 is 2.12 bits per heavy atom. The van der Waals surface area contributed by atoms with Crippen molar-refractivity contribution in [3.05, 3.63) is 59.7 Å². The summed E-state index contributed by atoms with van der Waals surface area (Å²) < 4.78 is 15.1. The van der Waals surface area contributed by atoms with Crippen molar-refractivity contribution in [2.45, 2.75) is 6.54 Å². The van der Waals surface area contributed by atoms with Crippen molar-refractivity contribution in [3.8, 4) is 0 Å². The average molecular weight is 232 g/mol. The van der Waals surface area contributed by atoms with Crippen molar-refractivity contribution in [2.24, 2.45) is 7.05 Å². The Labute approximate surface area is 98.9 Å². The Kier molecular flexibility index (Phi) is 3.23. The van der Waals surface area contributed by atoms with Crippen LogP contribution in [0.1, 0.15) is 15.9 Å². The van der Waals surface area contributed by atoms with E-state index in [1.54, 1.807) is 41.2 Å². The minimum absolute atomic E-state index is 0.195. The number of hydrogen-bond acceptors (Lipinski definition) is 1. The standard InChI is InChI=1S/C13H13FN2O/c1-16-7-6-11(9-16)13(17)15-8-10-4-2-3-5-12(10)14/h2-7,9H,8H2,1H3,(H,15,17). The highest BCUT2D eigenvalue weighted by atomic mass is 19.1. The predicted molar refractivity (Wildman–Crippen MR) is 63.0 cm³/mol. The van der Waals surface area contributed by atoms with Crippen LogP contribution in [0.5, 0.6) is 0 Å². The molecule has 2 aromatic rings. The fourth-order valence-electron chi connectivity index (χ4n) is 1.56. The molecule has 1 heterocycles. The molecule has 1 aromatic heterocycles. The predicted octanol–water partition coefficient (Wildman–Crippen LogP) is 2.09. The van der Waals surface area contributed by atoms with E-state index >= 15 is 0 Å². The van der Waals surface area contributed by atoms with Gasteiger partial charge in [0.2, 0.25) is 0 Å². The Morgan fingerprint density at radius 3 is 2.76 bits per heavy atom. The molecular formula is C13H13FN2O. The van der Waals surface area contributed by atoms with E-state index in [1.807, 2.05) is 7.05 Å². The maximum atomic E-state index is 13.3. The van der Waals surface area contributed by atoms with E-state index in [4.69, 9.17) is 0 Å². The molecule has 88 valence electrons. The SMILES string of the molecule is Cn1ccc(C(=O)NCc2ccccc2F)c1. The zero-order valence-corrected chi connectivity index (χ0v) is 9.48. The average Bonchev–Trinajstić information content (AvgIpc) is 2.74. The van der Waals surface area contributed by atoms with Gasteiger partial charge in [0.1, 0.15) is 5.82 Å². The second kappa shape index (κ2) is 4.82. The molecule has 0 fully saturated rings. The molecule has 0 aliphatic carbocycles. The number of aryl methyl sites for hydroxylation is 1. The monoisotopic (exact) mass is 232 g/mol. The van der Waals surface area contributed by atoms with Crippen molar-refractivity contribution in [1.29, 1.82) is 0 Å². The molecule has 0 saturated carbocycles. The summed E-state index contributed by atoms with van der Waals surface area (Å²) in [5.41, 5.74) is 1.06. The fourth-order valence-corrected chi connectivity index (χ4v) is 1.56. The van der Waals surface area contributed by atoms with Crippen molar-refractivity contribution in [3.63, 3.8) is 0 Å². The number of amides is 1. The maximum absolute atomic E-state index is 13.3. The van der Waals surface area contributed by atoms with Crippen LogP contribution in [0.25, 0.3) is 0 Å². The molecule has 2 rings (SSSR count). The maximum Gasteiger partial charge on any atom is 0.253 e. The van der Waals surface area contributed by atoms with E-state index in [1.165, 1.54) is 6.07 Å². The van der Waals surface area contributed by atoms with Crippen LogP contribution in [-0.2, 0) is 13.6 Å². The quantitative estimate of drug-likeness (QED) is 0.863. The third kappa shape index (κ3) is 2.72. The first-order valence-electron chi connectivity index (χ1n) is 5.30. The highest BCUT2D eigenvalue weighted by Crippen LogP contribution is 2.06. The number of halogens is 1. The summed E-state index contributed by atoms with van der Waals surface area (Å²) in [6.07, 6.45) is 3.51. The largest absolute Gasteiger partial charge is 0.356 e. The van der Waals surface area contributed by atoms with Crippen LogP contribution in [0.2, 0.25) is 0 Å². The van der Waals surface area contributed by atoms with E-state index in [-0.39, 0.29) is 18.3 Å². The lowest BCUT2D eigenvalue weighted by Gasteiger charge is -2.04. The minimum atomic E-state index is -0.305. The first-order chi connectivity index (χ1) is 8.16. The molecule has 0 bridgehead atoms. The number of carbonyl (C=O) groups is 1. The van der Waals surface area contributed by atoms with Gasteiger partial charge in [-0.1, -0.05) is 18.2 Å². The van der Waals surface area contributed by atoms with Gasteiger partial charge in [0.25, 0.3) is 5.91 Å². The lowest BCUT2D eigenvalue weighted by molar-refractivity contribution is 0.0950. The van der Waals surface area contributed by atoms with Gasteiger partial charge in [-0.25, -0.2) is 4.39 Å². The molecule has 0 radical (unpaired) electrons. The normalized spacial score (nSPS) is 10.2. The van der Waals surface area contributed by atoms with E-state index in [9.17, 15) is 9.18 Å².